The fourth-order valence-electron chi connectivity index (χ4n) is 1.67. The number of aryl methyl sites for hydroxylation is 1. The molecule has 0 aliphatic heterocycles. The van der Waals surface area contributed by atoms with Crippen LogP contribution < -0.4 is 11.5 Å². The van der Waals surface area contributed by atoms with Gasteiger partial charge in [0.05, 0.1) is 0 Å². The number of unbranched alkanes of at least 4 members (excludes halogenated alkanes) is 1. The maximum atomic E-state index is 13.8. The molecule has 0 aliphatic carbocycles. The highest BCUT2D eigenvalue weighted by atomic mass is 35.5. The molecule has 4 N–H and O–H groups in total. The summed E-state index contributed by atoms with van der Waals surface area (Å²) < 4.78 is 13.8. The lowest BCUT2D eigenvalue weighted by Gasteiger charge is -2.15. The van der Waals surface area contributed by atoms with Crippen LogP contribution in [0, 0.1) is 12.7 Å². The van der Waals surface area contributed by atoms with Crippen molar-refractivity contribution in [2.75, 3.05) is 6.54 Å². The Labute approximate surface area is 113 Å². The Balaban J connectivity index is 0.00000256. The Morgan fingerprint density at radius 1 is 1.35 bits per heavy atom. The zero-order valence-corrected chi connectivity index (χ0v) is 11.5. The smallest absolute Gasteiger partial charge is 0.132 e. The Kier molecular flexibility index (Phi) is 7.71. The minimum atomic E-state index is -0.348. The lowest BCUT2D eigenvalue weighted by atomic mass is 9.99. The molecule has 0 saturated heterocycles. The van der Waals surface area contributed by atoms with Gasteiger partial charge < -0.3 is 11.5 Å². The van der Waals surface area contributed by atoms with Gasteiger partial charge in [-0.1, -0.05) is 24.1 Å². The summed E-state index contributed by atoms with van der Waals surface area (Å²) in [5.74, 6) is -0.284. The van der Waals surface area contributed by atoms with Gasteiger partial charge in [-0.3, -0.25) is 0 Å². The van der Waals surface area contributed by atoms with E-state index in [1.807, 2.05) is 0 Å². The van der Waals surface area contributed by atoms with Crippen LogP contribution in [-0.2, 0) is 0 Å². The molecule has 5 heteroatoms. The SMILES string of the molecule is Cc1ccc(Cl)c([C@H](N)CCCCN)c1F.Cl. The molecule has 98 valence electrons. The predicted octanol–water partition coefficient (Wildman–Crippen LogP) is 3.34. The zero-order valence-electron chi connectivity index (χ0n) is 9.88. The van der Waals surface area contributed by atoms with Crippen molar-refractivity contribution in [3.05, 3.63) is 34.1 Å². The summed E-state index contributed by atoms with van der Waals surface area (Å²) in [6.07, 6.45) is 2.50. The van der Waals surface area contributed by atoms with Crippen LogP contribution in [-0.4, -0.2) is 6.54 Å². The molecule has 1 aromatic rings. The first kappa shape index (κ1) is 16.6. The van der Waals surface area contributed by atoms with Gasteiger partial charge in [0.1, 0.15) is 5.82 Å². The van der Waals surface area contributed by atoms with Gasteiger partial charge in [-0.05, 0) is 37.9 Å². The first-order valence-electron chi connectivity index (χ1n) is 5.48. The third-order valence-electron chi connectivity index (χ3n) is 2.66. The van der Waals surface area contributed by atoms with E-state index in [0.717, 1.165) is 12.8 Å². The Hall–Kier alpha value is -0.350. The molecule has 0 amide bonds. The summed E-state index contributed by atoms with van der Waals surface area (Å²) in [7, 11) is 0. The van der Waals surface area contributed by atoms with E-state index in [2.05, 4.69) is 0 Å². The van der Waals surface area contributed by atoms with Gasteiger partial charge in [0, 0.05) is 16.6 Å². The molecule has 0 unspecified atom stereocenters. The van der Waals surface area contributed by atoms with E-state index in [4.69, 9.17) is 23.1 Å². The molecule has 1 rings (SSSR count). The molecule has 1 atom stereocenters. The van der Waals surface area contributed by atoms with E-state index in [0.29, 0.717) is 29.1 Å². The molecule has 17 heavy (non-hydrogen) atoms. The largest absolute Gasteiger partial charge is 0.330 e. The van der Waals surface area contributed by atoms with E-state index < -0.39 is 0 Å². The average Bonchev–Trinajstić information content (AvgIpc) is 2.24. The van der Waals surface area contributed by atoms with E-state index in [1.54, 1.807) is 19.1 Å². The van der Waals surface area contributed by atoms with Crippen molar-refractivity contribution in [3.8, 4) is 0 Å². The third kappa shape index (κ3) is 4.43. The number of benzene rings is 1. The number of hydrogen-bond acceptors (Lipinski definition) is 2. The Bertz CT molecular complexity index is 359. The normalized spacial score (nSPS) is 12.1. The first-order valence-corrected chi connectivity index (χ1v) is 5.86. The van der Waals surface area contributed by atoms with Gasteiger partial charge in [-0.15, -0.1) is 12.4 Å². The summed E-state index contributed by atoms with van der Waals surface area (Å²) in [6.45, 7) is 2.35. The second-order valence-electron chi connectivity index (χ2n) is 3.98. The van der Waals surface area contributed by atoms with Crippen LogP contribution in [0.4, 0.5) is 4.39 Å². The maximum absolute atomic E-state index is 13.8. The highest BCUT2D eigenvalue weighted by molar-refractivity contribution is 6.31. The van der Waals surface area contributed by atoms with Crippen molar-refractivity contribution in [2.24, 2.45) is 11.5 Å². The van der Waals surface area contributed by atoms with Crippen molar-refractivity contribution in [1.29, 1.82) is 0 Å². The molecular weight excluding hydrogens is 262 g/mol. The monoisotopic (exact) mass is 280 g/mol. The molecule has 0 spiro atoms. The van der Waals surface area contributed by atoms with Crippen LogP contribution in [0.3, 0.4) is 0 Å². The Morgan fingerprint density at radius 3 is 2.59 bits per heavy atom. The van der Waals surface area contributed by atoms with Gasteiger partial charge in [-0.25, -0.2) is 4.39 Å². The van der Waals surface area contributed by atoms with Crippen molar-refractivity contribution in [2.45, 2.75) is 32.2 Å². The van der Waals surface area contributed by atoms with Crippen molar-refractivity contribution >= 4 is 24.0 Å². The van der Waals surface area contributed by atoms with Crippen LogP contribution in [0.15, 0.2) is 12.1 Å². The van der Waals surface area contributed by atoms with E-state index in [1.165, 1.54) is 0 Å². The van der Waals surface area contributed by atoms with Crippen molar-refractivity contribution in [1.82, 2.24) is 0 Å². The molecule has 0 saturated carbocycles. The van der Waals surface area contributed by atoms with Crippen molar-refractivity contribution < 1.29 is 4.39 Å². The summed E-state index contributed by atoms with van der Waals surface area (Å²) in [5, 5.41) is 0.406. The zero-order chi connectivity index (χ0) is 12.1. The lowest BCUT2D eigenvalue weighted by molar-refractivity contribution is 0.539. The molecule has 0 aliphatic rings. The molecule has 0 aromatic heterocycles. The topological polar surface area (TPSA) is 52.0 Å². The number of nitrogens with two attached hydrogens (primary N) is 2. The average molecular weight is 281 g/mol. The van der Waals surface area contributed by atoms with Crippen LogP contribution in [0.1, 0.15) is 36.4 Å². The van der Waals surface area contributed by atoms with E-state index >= 15 is 0 Å². The highest BCUT2D eigenvalue weighted by Gasteiger charge is 2.16. The lowest BCUT2D eigenvalue weighted by Crippen LogP contribution is -2.14. The summed E-state index contributed by atoms with van der Waals surface area (Å²) in [5.41, 5.74) is 12.3. The second-order valence-corrected chi connectivity index (χ2v) is 4.39. The molecule has 2 nitrogen and oxygen atoms in total. The number of halogens is 3. The quantitative estimate of drug-likeness (QED) is 0.813. The minimum Gasteiger partial charge on any atom is -0.330 e. The van der Waals surface area contributed by atoms with Crippen LogP contribution in [0.2, 0.25) is 5.02 Å². The minimum absolute atomic E-state index is 0. The molecule has 1 aromatic carbocycles. The van der Waals surface area contributed by atoms with Crippen LogP contribution >= 0.6 is 24.0 Å². The number of hydrogen-bond donors (Lipinski definition) is 2. The summed E-state index contributed by atoms with van der Waals surface area (Å²) in [6, 6.07) is 3.00. The van der Waals surface area contributed by atoms with Gasteiger partial charge in [0.15, 0.2) is 0 Å². The standard InChI is InChI=1S/C12H18ClFN2.ClH/c1-8-5-6-9(13)11(12(8)14)10(16)4-2-3-7-15;/h5-6,10H,2-4,7,15-16H2,1H3;1H/t10-;/m1./s1. The molecular formula is C12H19Cl2FN2. The van der Waals surface area contributed by atoms with E-state index in [9.17, 15) is 4.39 Å². The first-order chi connectivity index (χ1) is 7.57. The predicted molar refractivity (Wildman–Crippen MR) is 73.2 cm³/mol. The van der Waals surface area contributed by atoms with E-state index in [-0.39, 0.29) is 24.3 Å². The van der Waals surface area contributed by atoms with Gasteiger partial charge in [-0.2, -0.15) is 0 Å². The molecule has 0 heterocycles. The molecule has 0 bridgehead atoms. The fourth-order valence-corrected chi connectivity index (χ4v) is 1.96. The second kappa shape index (κ2) is 7.88. The maximum Gasteiger partial charge on any atom is 0.132 e. The van der Waals surface area contributed by atoms with Crippen LogP contribution in [0.5, 0.6) is 0 Å². The molecule has 0 fully saturated rings. The fraction of sp³-hybridized carbons (Fsp3) is 0.500. The summed E-state index contributed by atoms with van der Waals surface area (Å²) in [4.78, 5) is 0. The van der Waals surface area contributed by atoms with Crippen LogP contribution in [0.25, 0.3) is 0 Å². The van der Waals surface area contributed by atoms with Crippen molar-refractivity contribution in [3.63, 3.8) is 0 Å². The molecule has 0 radical (unpaired) electrons. The summed E-state index contributed by atoms with van der Waals surface area (Å²) >= 11 is 5.96. The van der Waals surface area contributed by atoms with Gasteiger partial charge in [0.25, 0.3) is 0 Å². The number of rotatable bonds is 5. The van der Waals surface area contributed by atoms with Gasteiger partial charge in [0.2, 0.25) is 0 Å². The van der Waals surface area contributed by atoms with Gasteiger partial charge >= 0.3 is 0 Å². The Morgan fingerprint density at radius 2 is 2.00 bits per heavy atom. The highest BCUT2D eigenvalue weighted by Crippen LogP contribution is 2.29. The third-order valence-corrected chi connectivity index (χ3v) is 2.99.